The Kier molecular flexibility index (Phi) is 5.26. The standard InChI is InChI=1S/C22H25N5O2S/c28-20-5-1-4-19-15-11-16(13-26(12-15)14-17-6-9-24-25-17)21(27(19)20)22(29)23-8-7-18-3-2-10-30-18/h1-6,9-10,15-16,21H,7-8,11-14H2,(H,23,29)(H,24,25)/t15-,16+,21+/m0/s1. The first-order valence-electron chi connectivity index (χ1n) is 10.4. The van der Waals surface area contributed by atoms with E-state index >= 15 is 0 Å². The number of hydrogen-bond donors (Lipinski definition) is 2. The van der Waals surface area contributed by atoms with Crippen molar-refractivity contribution in [3.05, 3.63) is 74.6 Å². The Hall–Kier alpha value is -2.71. The maximum absolute atomic E-state index is 13.3. The molecular weight excluding hydrogens is 398 g/mol. The predicted molar refractivity (Wildman–Crippen MR) is 115 cm³/mol. The van der Waals surface area contributed by atoms with Crippen molar-refractivity contribution in [2.45, 2.75) is 31.3 Å². The van der Waals surface area contributed by atoms with Crippen LogP contribution in [-0.4, -0.2) is 45.2 Å². The lowest BCUT2D eigenvalue weighted by Gasteiger charge is -2.46. The summed E-state index contributed by atoms with van der Waals surface area (Å²) in [5.41, 5.74) is 1.96. The number of carbonyl (C=O) groups excluding carboxylic acids is 1. The third-order valence-corrected chi connectivity index (χ3v) is 7.13. The molecular formula is C22H25N5O2S. The number of nitrogens with one attached hydrogen (secondary N) is 2. The molecule has 2 N–H and O–H groups in total. The monoisotopic (exact) mass is 423 g/mol. The second-order valence-electron chi connectivity index (χ2n) is 8.19. The number of thiophene rings is 1. The molecule has 0 radical (unpaired) electrons. The zero-order valence-corrected chi connectivity index (χ0v) is 17.5. The number of piperidine rings is 1. The Morgan fingerprint density at radius 1 is 1.23 bits per heavy atom. The number of pyridine rings is 1. The number of H-pyrrole nitrogens is 1. The van der Waals surface area contributed by atoms with E-state index in [9.17, 15) is 9.59 Å². The highest BCUT2D eigenvalue weighted by atomic mass is 32.1. The highest BCUT2D eigenvalue weighted by molar-refractivity contribution is 7.09. The number of nitrogens with zero attached hydrogens (tertiary/aromatic N) is 3. The zero-order valence-electron chi connectivity index (χ0n) is 16.7. The van der Waals surface area contributed by atoms with E-state index in [-0.39, 0.29) is 23.3 Å². The van der Waals surface area contributed by atoms with Gasteiger partial charge < -0.3 is 5.32 Å². The van der Waals surface area contributed by atoms with Crippen LogP contribution in [-0.2, 0) is 17.8 Å². The normalized spacial score (nSPS) is 23.1. The summed E-state index contributed by atoms with van der Waals surface area (Å²) in [6.07, 6.45) is 3.51. The van der Waals surface area contributed by atoms with Crippen LogP contribution in [0.5, 0.6) is 0 Å². The summed E-state index contributed by atoms with van der Waals surface area (Å²) in [4.78, 5) is 29.7. The van der Waals surface area contributed by atoms with Crippen LogP contribution in [0.4, 0.5) is 0 Å². The van der Waals surface area contributed by atoms with Crippen molar-refractivity contribution in [1.82, 2.24) is 25.0 Å². The molecule has 5 heterocycles. The van der Waals surface area contributed by atoms with E-state index in [1.165, 1.54) is 4.88 Å². The van der Waals surface area contributed by atoms with Crippen molar-refractivity contribution in [3.63, 3.8) is 0 Å². The molecule has 3 aromatic heterocycles. The Bertz CT molecular complexity index is 1060. The molecule has 0 saturated carbocycles. The van der Waals surface area contributed by atoms with Gasteiger partial charge in [0, 0.05) is 66.5 Å². The molecule has 0 unspecified atom stereocenters. The fourth-order valence-electron chi connectivity index (χ4n) is 4.98. The van der Waals surface area contributed by atoms with Gasteiger partial charge in [0.2, 0.25) is 5.91 Å². The molecule has 2 bridgehead atoms. The molecule has 2 aliphatic rings. The Balaban J connectivity index is 1.38. The van der Waals surface area contributed by atoms with Crippen LogP contribution in [0.3, 0.4) is 0 Å². The highest BCUT2D eigenvalue weighted by Crippen LogP contribution is 2.41. The molecule has 3 atom stereocenters. The van der Waals surface area contributed by atoms with Gasteiger partial charge in [-0.05, 0) is 36.4 Å². The zero-order chi connectivity index (χ0) is 20.5. The molecule has 1 saturated heterocycles. The summed E-state index contributed by atoms with van der Waals surface area (Å²) >= 11 is 1.70. The molecule has 1 fully saturated rings. The van der Waals surface area contributed by atoms with Crippen LogP contribution in [0.2, 0.25) is 0 Å². The van der Waals surface area contributed by atoms with Gasteiger partial charge in [0.25, 0.3) is 5.56 Å². The largest absolute Gasteiger partial charge is 0.354 e. The van der Waals surface area contributed by atoms with Gasteiger partial charge in [-0.1, -0.05) is 12.1 Å². The average Bonchev–Trinajstić information content (AvgIpc) is 3.43. The molecule has 156 valence electrons. The summed E-state index contributed by atoms with van der Waals surface area (Å²) in [6.45, 7) is 3.03. The number of aromatic amines is 1. The Morgan fingerprint density at radius 2 is 2.17 bits per heavy atom. The van der Waals surface area contributed by atoms with Crippen LogP contribution < -0.4 is 10.9 Å². The lowest BCUT2D eigenvalue weighted by Crippen LogP contribution is -2.53. The molecule has 0 aromatic carbocycles. The Morgan fingerprint density at radius 3 is 2.97 bits per heavy atom. The molecule has 0 aliphatic carbocycles. The maximum atomic E-state index is 13.3. The van der Waals surface area contributed by atoms with E-state index in [4.69, 9.17) is 0 Å². The predicted octanol–water partition coefficient (Wildman–Crippen LogP) is 2.15. The number of likely N-dealkylation sites (tertiary alicyclic amines) is 1. The maximum Gasteiger partial charge on any atom is 0.251 e. The van der Waals surface area contributed by atoms with E-state index in [2.05, 4.69) is 26.5 Å². The van der Waals surface area contributed by atoms with Gasteiger partial charge >= 0.3 is 0 Å². The van der Waals surface area contributed by atoms with E-state index in [0.717, 1.165) is 43.9 Å². The van der Waals surface area contributed by atoms with E-state index in [0.29, 0.717) is 6.54 Å². The van der Waals surface area contributed by atoms with E-state index in [1.807, 2.05) is 29.6 Å². The molecule has 8 heteroatoms. The summed E-state index contributed by atoms with van der Waals surface area (Å²) in [6, 6.07) is 11.0. The number of amides is 1. The van der Waals surface area contributed by atoms with E-state index in [1.54, 1.807) is 28.2 Å². The average molecular weight is 424 g/mol. The fraction of sp³-hybridized carbons (Fsp3) is 0.409. The minimum Gasteiger partial charge on any atom is -0.354 e. The van der Waals surface area contributed by atoms with Crippen LogP contribution >= 0.6 is 11.3 Å². The number of carbonyl (C=O) groups is 1. The summed E-state index contributed by atoms with van der Waals surface area (Å²) < 4.78 is 1.76. The van der Waals surface area contributed by atoms with Crippen LogP contribution in [0, 0.1) is 5.92 Å². The minimum atomic E-state index is -0.460. The molecule has 1 amide bonds. The molecule has 5 rings (SSSR count). The third-order valence-electron chi connectivity index (χ3n) is 6.19. The van der Waals surface area contributed by atoms with E-state index < -0.39 is 6.04 Å². The number of fused-ring (bicyclic) bond motifs is 4. The first-order chi connectivity index (χ1) is 14.7. The first-order valence-corrected chi connectivity index (χ1v) is 11.3. The van der Waals surface area contributed by atoms with Gasteiger partial charge in [0.05, 0.1) is 0 Å². The molecule has 7 nitrogen and oxygen atoms in total. The van der Waals surface area contributed by atoms with Gasteiger partial charge in [0.1, 0.15) is 6.04 Å². The topological polar surface area (TPSA) is 83.0 Å². The first kappa shape index (κ1) is 19.3. The summed E-state index contributed by atoms with van der Waals surface area (Å²) in [5.74, 6) is 0.324. The second-order valence-corrected chi connectivity index (χ2v) is 9.23. The summed E-state index contributed by atoms with van der Waals surface area (Å²) in [5, 5.41) is 12.2. The number of aromatic nitrogens is 3. The highest BCUT2D eigenvalue weighted by Gasteiger charge is 2.43. The van der Waals surface area contributed by atoms with Crippen LogP contribution in [0.15, 0.2) is 52.8 Å². The SMILES string of the molecule is O=C(NCCc1cccs1)[C@H]1[C@@H]2C[C@@H](CN(Cc3ccn[nH]3)C2)c2cccc(=O)n21. The van der Waals surface area contributed by atoms with Crippen LogP contribution in [0.25, 0.3) is 0 Å². The number of hydrogen-bond acceptors (Lipinski definition) is 5. The molecule has 2 aliphatic heterocycles. The lowest BCUT2D eigenvalue weighted by molar-refractivity contribution is -0.127. The van der Waals surface area contributed by atoms with Crippen molar-refractivity contribution in [2.24, 2.45) is 5.92 Å². The summed E-state index contributed by atoms with van der Waals surface area (Å²) in [7, 11) is 0. The third kappa shape index (κ3) is 3.73. The van der Waals surface area contributed by atoms with Crippen molar-refractivity contribution in [2.75, 3.05) is 19.6 Å². The fourth-order valence-corrected chi connectivity index (χ4v) is 5.68. The van der Waals surface area contributed by atoms with Gasteiger partial charge in [-0.15, -0.1) is 11.3 Å². The minimum absolute atomic E-state index is 0.0482. The Labute approximate surface area is 178 Å². The van der Waals surface area contributed by atoms with Gasteiger partial charge in [0.15, 0.2) is 0 Å². The van der Waals surface area contributed by atoms with Gasteiger partial charge in [-0.25, -0.2) is 0 Å². The second kappa shape index (κ2) is 8.20. The van der Waals surface area contributed by atoms with Gasteiger partial charge in [-0.3, -0.25) is 24.2 Å². The quantitative estimate of drug-likeness (QED) is 0.636. The molecule has 3 aromatic rings. The van der Waals surface area contributed by atoms with Crippen molar-refractivity contribution < 1.29 is 4.79 Å². The lowest BCUT2D eigenvalue weighted by atomic mass is 9.78. The molecule has 0 spiro atoms. The van der Waals surface area contributed by atoms with Crippen LogP contribution in [0.1, 0.15) is 34.6 Å². The van der Waals surface area contributed by atoms with Crippen molar-refractivity contribution >= 4 is 17.2 Å². The molecule has 30 heavy (non-hydrogen) atoms. The van der Waals surface area contributed by atoms with Gasteiger partial charge in [-0.2, -0.15) is 5.10 Å². The number of rotatable bonds is 6. The van der Waals surface area contributed by atoms with Crippen molar-refractivity contribution in [1.29, 1.82) is 0 Å². The smallest absolute Gasteiger partial charge is 0.251 e. The van der Waals surface area contributed by atoms with Crippen molar-refractivity contribution in [3.8, 4) is 0 Å².